The Kier molecular flexibility index (Phi) is 2.91. The highest BCUT2D eigenvalue weighted by molar-refractivity contribution is 6.33. The van der Waals surface area contributed by atoms with Crippen LogP contribution in [0.2, 0.25) is 5.02 Å². The Morgan fingerprint density at radius 3 is 2.88 bits per heavy atom. The minimum atomic E-state index is -0.678. The van der Waals surface area contributed by atoms with Gasteiger partial charge in [-0.1, -0.05) is 17.7 Å². The number of β-amino-alcohol motifs (C(OH)–C–C–N with tert-alkyl or cyclic N) is 1. The van der Waals surface area contributed by atoms with Crippen molar-refractivity contribution in [2.24, 2.45) is 0 Å². The predicted octanol–water partition coefficient (Wildman–Crippen LogP) is 2.11. The summed E-state index contributed by atoms with van der Waals surface area (Å²) in [6.07, 6.45) is 1.47. The van der Waals surface area contributed by atoms with Crippen LogP contribution < -0.4 is 4.90 Å². The number of anilines is 1. The zero-order chi connectivity index (χ0) is 11.8. The van der Waals surface area contributed by atoms with Crippen LogP contribution in [-0.4, -0.2) is 30.1 Å². The van der Waals surface area contributed by atoms with Crippen LogP contribution in [0.5, 0.6) is 0 Å². The fourth-order valence-corrected chi connectivity index (χ4v) is 2.28. The number of hydrogen-bond donors (Lipinski definition) is 1. The van der Waals surface area contributed by atoms with Crippen LogP contribution in [-0.2, 0) is 0 Å². The monoisotopic (exact) mass is 239 g/mol. The van der Waals surface area contributed by atoms with Gasteiger partial charge in [-0.3, -0.25) is 4.79 Å². The molecule has 0 amide bonds. The summed E-state index contributed by atoms with van der Waals surface area (Å²) in [6.45, 7) is 3.08. The van der Waals surface area contributed by atoms with E-state index in [2.05, 4.69) is 0 Å². The number of aldehydes is 1. The van der Waals surface area contributed by atoms with Crippen LogP contribution in [0.15, 0.2) is 18.2 Å². The Morgan fingerprint density at radius 1 is 1.56 bits per heavy atom. The van der Waals surface area contributed by atoms with Crippen LogP contribution in [0, 0.1) is 0 Å². The highest BCUT2D eigenvalue weighted by Crippen LogP contribution is 2.31. The average Bonchev–Trinajstić information content (AvgIpc) is 2.58. The highest BCUT2D eigenvalue weighted by Gasteiger charge is 2.32. The van der Waals surface area contributed by atoms with Crippen molar-refractivity contribution in [1.29, 1.82) is 0 Å². The molecule has 2 rings (SSSR count). The minimum absolute atomic E-state index is 0.457. The van der Waals surface area contributed by atoms with E-state index in [1.165, 1.54) is 0 Å². The number of halogens is 1. The molecule has 86 valence electrons. The van der Waals surface area contributed by atoms with Gasteiger partial charge in [-0.25, -0.2) is 0 Å². The molecule has 1 unspecified atom stereocenters. The lowest BCUT2D eigenvalue weighted by Crippen LogP contribution is -2.30. The first-order valence-corrected chi connectivity index (χ1v) is 5.62. The van der Waals surface area contributed by atoms with E-state index in [-0.39, 0.29) is 0 Å². The zero-order valence-electron chi connectivity index (χ0n) is 9.11. The van der Waals surface area contributed by atoms with Crippen LogP contribution in [0.4, 0.5) is 5.69 Å². The SMILES string of the molecule is CC1(O)CCN(c2cccc(Cl)c2C=O)C1. The largest absolute Gasteiger partial charge is 0.388 e. The highest BCUT2D eigenvalue weighted by atomic mass is 35.5. The third-order valence-corrected chi connectivity index (χ3v) is 3.27. The van der Waals surface area contributed by atoms with Gasteiger partial charge in [0.25, 0.3) is 0 Å². The Balaban J connectivity index is 2.35. The molecule has 1 heterocycles. The summed E-state index contributed by atoms with van der Waals surface area (Å²) in [6, 6.07) is 5.37. The van der Waals surface area contributed by atoms with Crippen LogP contribution in [0.3, 0.4) is 0 Å². The minimum Gasteiger partial charge on any atom is -0.388 e. The summed E-state index contributed by atoms with van der Waals surface area (Å²) in [5, 5.41) is 10.4. The van der Waals surface area contributed by atoms with Crippen LogP contribution in [0.1, 0.15) is 23.7 Å². The standard InChI is InChI=1S/C12H14ClNO2/c1-12(16)5-6-14(8-12)11-4-2-3-10(13)9(11)7-15/h2-4,7,16H,5-6,8H2,1H3. The van der Waals surface area contributed by atoms with Crippen molar-refractivity contribution in [1.82, 2.24) is 0 Å². The van der Waals surface area contributed by atoms with Crippen molar-refractivity contribution >= 4 is 23.6 Å². The van der Waals surface area contributed by atoms with Gasteiger partial charge >= 0.3 is 0 Å². The summed E-state index contributed by atoms with van der Waals surface area (Å²) in [4.78, 5) is 13.0. The van der Waals surface area contributed by atoms with E-state index in [4.69, 9.17) is 11.6 Å². The molecule has 16 heavy (non-hydrogen) atoms. The maximum absolute atomic E-state index is 11.0. The Hall–Kier alpha value is -1.06. The van der Waals surface area contributed by atoms with Crippen LogP contribution in [0.25, 0.3) is 0 Å². The molecule has 1 fully saturated rings. The van der Waals surface area contributed by atoms with E-state index in [1.807, 2.05) is 17.0 Å². The molecule has 1 aliphatic rings. The summed E-state index contributed by atoms with van der Waals surface area (Å²) in [5.74, 6) is 0. The summed E-state index contributed by atoms with van der Waals surface area (Å²) >= 11 is 5.96. The molecule has 1 aliphatic heterocycles. The molecule has 0 radical (unpaired) electrons. The lowest BCUT2D eigenvalue weighted by atomic mass is 10.1. The van der Waals surface area contributed by atoms with Crippen molar-refractivity contribution in [2.45, 2.75) is 18.9 Å². The summed E-state index contributed by atoms with van der Waals surface area (Å²) < 4.78 is 0. The molecule has 1 aromatic rings. The zero-order valence-corrected chi connectivity index (χ0v) is 9.87. The first-order valence-electron chi connectivity index (χ1n) is 5.24. The molecule has 1 N–H and O–H groups in total. The first kappa shape index (κ1) is 11.4. The number of nitrogens with zero attached hydrogens (tertiary/aromatic N) is 1. The van der Waals surface area contributed by atoms with Crippen LogP contribution >= 0.6 is 11.6 Å². The Labute approximate surface area is 99.6 Å². The Morgan fingerprint density at radius 2 is 2.31 bits per heavy atom. The van der Waals surface area contributed by atoms with E-state index in [0.717, 1.165) is 18.5 Å². The summed E-state index contributed by atoms with van der Waals surface area (Å²) in [7, 11) is 0. The number of benzene rings is 1. The molecule has 0 aliphatic carbocycles. The van der Waals surface area contributed by atoms with Gasteiger partial charge in [0.15, 0.2) is 6.29 Å². The third kappa shape index (κ3) is 2.06. The van der Waals surface area contributed by atoms with Gasteiger partial charge in [0.05, 0.1) is 16.2 Å². The molecule has 4 heteroatoms. The number of carbonyl (C=O) groups is 1. The third-order valence-electron chi connectivity index (χ3n) is 2.94. The molecular formula is C12H14ClNO2. The quantitative estimate of drug-likeness (QED) is 0.804. The van der Waals surface area contributed by atoms with E-state index >= 15 is 0 Å². The van der Waals surface area contributed by atoms with Gasteiger partial charge in [-0.2, -0.15) is 0 Å². The normalized spacial score (nSPS) is 24.8. The van der Waals surface area contributed by atoms with Crippen molar-refractivity contribution in [3.05, 3.63) is 28.8 Å². The smallest absolute Gasteiger partial charge is 0.153 e. The van der Waals surface area contributed by atoms with Gasteiger partial charge in [0.2, 0.25) is 0 Å². The number of rotatable bonds is 2. The van der Waals surface area contributed by atoms with Crippen molar-refractivity contribution < 1.29 is 9.90 Å². The molecular weight excluding hydrogens is 226 g/mol. The van der Waals surface area contributed by atoms with E-state index in [1.54, 1.807) is 13.0 Å². The predicted molar refractivity (Wildman–Crippen MR) is 64.3 cm³/mol. The maximum Gasteiger partial charge on any atom is 0.153 e. The van der Waals surface area contributed by atoms with Gasteiger partial charge < -0.3 is 10.0 Å². The topological polar surface area (TPSA) is 40.5 Å². The van der Waals surface area contributed by atoms with E-state index in [0.29, 0.717) is 23.6 Å². The van der Waals surface area contributed by atoms with E-state index < -0.39 is 5.60 Å². The van der Waals surface area contributed by atoms with Crippen molar-refractivity contribution in [2.75, 3.05) is 18.0 Å². The lowest BCUT2D eigenvalue weighted by molar-refractivity contribution is 0.0839. The fraction of sp³-hybridized carbons (Fsp3) is 0.417. The van der Waals surface area contributed by atoms with Gasteiger partial charge in [-0.15, -0.1) is 0 Å². The van der Waals surface area contributed by atoms with Crippen molar-refractivity contribution in [3.63, 3.8) is 0 Å². The second kappa shape index (κ2) is 4.07. The van der Waals surface area contributed by atoms with Crippen molar-refractivity contribution in [3.8, 4) is 0 Å². The average molecular weight is 240 g/mol. The molecule has 1 saturated heterocycles. The lowest BCUT2D eigenvalue weighted by Gasteiger charge is -2.22. The number of carbonyl (C=O) groups excluding carboxylic acids is 1. The Bertz CT molecular complexity index is 417. The number of hydrogen-bond acceptors (Lipinski definition) is 3. The molecule has 1 aromatic carbocycles. The molecule has 0 spiro atoms. The molecule has 1 atom stereocenters. The maximum atomic E-state index is 11.0. The number of aliphatic hydroxyl groups is 1. The second-order valence-corrected chi connectivity index (χ2v) is 4.87. The van der Waals surface area contributed by atoms with Gasteiger partial charge in [0.1, 0.15) is 0 Å². The van der Waals surface area contributed by atoms with E-state index in [9.17, 15) is 9.90 Å². The molecule has 0 bridgehead atoms. The molecule has 0 aromatic heterocycles. The van der Waals surface area contributed by atoms with Gasteiger partial charge in [0, 0.05) is 18.8 Å². The molecule has 3 nitrogen and oxygen atoms in total. The first-order chi connectivity index (χ1) is 7.53. The molecule has 0 saturated carbocycles. The fourth-order valence-electron chi connectivity index (χ4n) is 2.07. The summed E-state index contributed by atoms with van der Waals surface area (Å²) in [5.41, 5.74) is 0.629. The van der Waals surface area contributed by atoms with Gasteiger partial charge in [-0.05, 0) is 25.5 Å². The second-order valence-electron chi connectivity index (χ2n) is 4.46.